The average molecular weight is 221 g/mol. The lowest BCUT2D eigenvalue weighted by atomic mass is 9.73. The largest absolute Gasteiger partial charge is 0.356 e. The third-order valence-corrected chi connectivity index (χ3v) is 5.69. The molecule has 0 aromatic heterocycles. The van der Waals surface area contributed by atoms with Crippen molar-refractivity contribution in [3.8, 4) is 0 Å². The van der Waals surface area contributed by atoms with Crippen LogP contribution in [-0.2, 0) is 9.53 Å². The predicted molar refractivity (Wildman–Crippen MR) is 58.5 cm³/mol. The van der Waals surface area contributed by atoms with E-state index in [4.69, 9.17) is 4.74 Å². The zero-order valence-corrected chi connectivity index (χ0v) is 9.98. The summed E-state index contributed by atoms with van der Waals surface area (Å²) in [6.45, 7) is 5.02. The Morgan fingerprint density at radius 1 is 1.38 bits per heavy atom. The van der Waals surface area contributed by atoms with E-state index in [0.717, 1.165) is 12.5 Å². The van der Waals surface area contributed by atoms with Crippen LogP contribution in [0.25, 0.3) is 0 Å². The van der Waals surface area contributed by atoms with Gasteiger partial charge in [-0.15, -0.1) is 0 Å². The van der Waals surface area contributed by atoms with E-state index in [2.05, 4.69) is 11.8 Å². The lowest BCUT2D eigenvalue weighted by Crippen LogP contribution is -2.47. The molecule has 0 spiro atoms. The number of carbonyl (C=O) groups excluding carboxylic acids is 1. The second-order valence-corrected chi connectivity index (χ2v) is 6.36. The van der Waals surface area contributed by atoms with Crippen LogP contribution in [0.4, 0.5) is 0 Å². The molecule has 2 bridgehead atoms. The molecule has 4 fully saturated rings. The van der Waals surface area contributed by atoms with Crippen LogP contribution in [0.3, 0.4) is 0 Å². The van der Waals surface area contributed by atoms with Crippen LogP contribution in [0.2, 0.25) is 0 Å². The third-order valence-electron chi connectivity index (χ3n) is 5.69. The lowest BCUT2D eigenvalue weighted by Gasteiger charge is -2.35. The number of hydrogen-bond donors (Lipinski definition) is 0. The van der Waals surface area contributed by atoms with Crippen molar-refractivity contribution in [3.63, 3.8) is 0 Å². The Bertz CT molecular complexity index is 369. The summed E-state index contributed by atoms with van der Waals surface area (Å²) in [5.74, 6) is 2.81. The normalized spacial score (nSPS) is 58.2. The van der Waals surface area contributed by atoms with Crippen LogP contribution in [-0.4, -0.2) is 29.2 Å². The maximum Gasteiger partial charge on any atom is 0.228 e. The molecule has 2 unspecified atom stereocenters. The summed E-state index contributed by atoms with van der Waals surface area (Å²) in [4.78, 5) is 14.6. The molecule has 0 radical (unpaired) electrons. The van der Waals surface area contributed by atoms with Gasteiger partial charge in [0, 0.05) is 5.92 Å². The van der Waals surface area contributed by atoms with E-state index < -0.39 is 0 Å². The minimum atomic E-state index is 0.00231. The summed E-state index contributed by atoms with van der Waals surface area (Å²) in [7, 11) is 0. The van der Waals surface area contributed by atoms with Crippen molar-refractivity contribution in [1.82, 2.24) is 4.90 Å². The van der Waals surface area contributed by atoms with Crippen LogP contribution in [0.1, 0.15) is 33.1 Å². The SMILES string of the molecule is C[C@@H]1OC[C@@]2(C)[C@H]3C4CCC(C4)[C@H]3C(=O)N12. The van der Waals surface area contributed by atoms with Crippen LogP contribution in [0.15, 0.2) is 0 Å². The zero-order chi connectivity index (χ0) is 11.1. The quantitative estimate of drug-likeness (QED) is 0.622. The molecule has 2 aliphatic heterocycles. The van der Waals surface area contributed by atoms with Gasteiger partial charge in [0.15, 0.2) is 0 Å². The van der Waals surface area contributed by atoms with Crippen LogP contribution < -0.4 is 0 Å². The topological polar surface area (TPSA) is 29.5 Å². The molecule has 88 valence electrons. The Hall–Kier alpha value is -0.570. The number of hydrogen-bond acceptors (Lipinski definition) is 2. The second kappa shape index (κ2) is 2.63. The second-order valence-electron chi connectivity index (χ2n) is 6.36. The highest BCUT2D eigenvalue weighted by Gasteiger charge is 2.68. The van der Waals surface area contributed by atoms with Crippen molar-refractivity contribution >= 4 is 5.91 Å². The molecule has 4 aliphatic rings. The van der Waals surface area contributed by atoms with Crippen molar-refractivity contribution in [2.24, 2.45) is 23.7 Å². The van der Waals surface area contributed by atoms with Gasteiger partial charge in [-0.25, -0.2) is 0 Å². The number of ether oxygens (including phenoxy) is 1. The smallest absolute Gasteiger partial charge is 0.228 e. The molecular formula is C13H19NO2. The number of nitrogens with zero attached hydrogens (tertiary/aromatic N) is 1. The van der Waals surface area contributed by atoms with E-state index >= 15 is 0 Å². The maximum atomic E-state index is 12.5. The fourth-order valence-corrected chi connectivity index (χ4v) is 5.24. The molecule has 0 N–H and O–H groups in total. The highest BCUT2D eigenvalue weighted by atomic mass is 16.5. The van der Waals surface area contributed by atoms with Crippen molar-refractivity contribution in [2.75, 3.05) is 6.61 Å². The summed E-state index contributed by atoms with van der Waals surface area (Å²) in [5.41, 5.74) is 0.0149. The van der Waals surface area contributed by atoms with Gasteiger partial charge in [0.2, 0.25) is 5.91 Å². The summed E-state index contributed by atoms with van der Waals surface area (Å²) in [5, 5.41) is 0. The van der Waals surface area contributed by atoms with Gasteiger partial charge in [-0.2, -0.15) is 0 Å². The number of fused-ring (bicyclic) bond motifs is 7. The average Bonchev–Trinajstić information content (AvgIpc) is 2.93. The van der Waals surface area contributed by atoms with Gasteiger partial charge >= 0.3 is 0 Å². The third kappa shape index (κ3) is 0.816. The Kier molecular flexibility index (Phi) is 1.56. The Labute approximate surface area is 96.1 Å². The molecular weight excluding hydrogens is 202 g/mol. The van der Waals surface area contributed by atoms with Crippen LogP contribution in [0.5, 0.6) is 0 Å². The van der Waals surface area contributed by atoms with Gasteiger partial charge in [0.05, 0.1) is 12.1 Å². The minimum Gasteiger partial charge on any atom is -0.356 e. The highest BCUT2D eigenvalue weighted by molar-refractivity contribution is 5.84. The van der Waals surface area contributed by atoms with E-state index in [1.165, 1.54) is 19.3 Å². The lowest BCUT2D eigenvalue weighted by molar-refractivity contribution is -0.138. The van der Waals surface area contributed by atoms with Crippen molar-refractivity contribution < 1.29 is 9.53 Å². The molecule has 3 nitrogen and oxygen atoms in total. The van der Waals surface area contributed by atoms with Crippen LogP contribution >= 0.6 is 0 Å². The number of rotatable bonds is 0. The Balaban J connectivity index is 1.82. The summed E-state index contributed by atoms with van der Waals surface area (Å²) in [6, 6.07) is 0. The molecule has 3 heteroatoms. The van der Waals surface area contributed by atoms with Gasteiger partial charge < -0.3 is 9.64 Å². The van der Waals surface area contributed by atoms with E-state index in [-0.39, 0.29) is 11.8 Å². The predicted octanol–water partition coefficient (Wildman–Crippen LogP) is 1.63. The van der Waals surface area contributed by atoms with Crippen molar-refractivity contribution in [3.05, 3.63) is 0 Å². The molecule has 2 aliphatic carbocycles. The van der Waals surface area contributed by atoms with Gasteiger partial charge in [-0.1, -0.05) is 0 Å². The standard InChI is InChI=1S/C13H19NO2/c1-7-14-12(15)10-8-3-4-9(5-8)11(10)13(14,2)6-16-7/h7-11H,3-6H2,1-2H3/t7-,8?,9?,10+,11-,13-/m0/s1. The molecule has 6 atom stereocenters. The Morgan fingerprint density at radius 2 is 2.12 bits per heavy atom. The molecule has 1 amide bonds. The number of amides is 1. The fourth-order valence-electron chi connectivity index (χ4n) is 5.24. The molecule has 4 rings (SSSR count). The molecule has 2 saturated heterocycles. The van der Waals surface area contributed by atoms with E-state index in [9.17, 15) is 4.79 Å². The first-order chi connectivity index (χ1) is 7.63. The first-order valence-corrected chi connectivity index (χ1v) is 6.58. The van der Waals surface area contributed by atoms with E-state index in [0.29, 0.717) is 23.7 Å². The molecule has 16 heavy (non-hydrogen) atoms. The van der Waals surface area contributed by atoms with Gasteiger partial charge in [-0.3, -0.25) is 4.79 Å². The van der Waals surface area contributed by atoms with E-state index in [1.54, 1.807) is 0 Å². The monoisotopic (exact) mass is 221 g/mol. The first-order valence-electron chi connectivity index (χ1n) is 6.58. The van der Waals surface area contributed by atoms with Crippen molar-refractivity contribution in [2.45, 2.75) is 44.9 Å². The molecule has 0 aromatic carbocycles. The Morgan fingerprint density at radius 3 is 2.94 bits per heavy atom. The van der Waals surface area contributed by atoms with Gasteiger partial charge in [0.25, 0.3) is 0 Å². The first kappa shape index (κ1) is 9.46. The highest BCUT2D eigenvalue weighted by Crippen LogP contribution is 2.62. The fraction of sp³-hybridized carbons (Fsp3) is 0.923. The van der Waals surface area contributed by atoms with Gasteiger partial charge in [0.1, 0.15) is 6.23 Å². The summed E-state index contributed by atoms with van der Waals surface area (Å²) in [6.07, 6.45) is 3.94. The maximum absolute atomic E-state index is 12.5. The van der Waals surface area contributed by atoms with Crippen LogP contribution in [0, 0.1) is 23.7 Å². The molecule has 2 saturated carbocycles. The number of carbonyl (C=O) groups is 1. The zero-order valence-electron chi connectivity index (χ0n) is 9.98. The molecule has 0 aromatic rings. The molecule has 2 heterocycles. The summed E-state index contributed by atoms with van der Waals surface area (Å²) < 4.78 is 5.71. The van der Waals surface area contributed by atoms with E-state index in [1.807, 2.05) is 6.92 Å². The minimum absolute atomic E-state index is 0.00231. The summed E-state index contributed by atoms with van der Waals surface area (Å²) >= 11 is 0. The van der Waals surface area contributed by atoms with Crippen molar-refractivity contribution in [1.29, 1.82) is 0 Å². The van der Waals surface area contributed by atoms with Gasteiger partial charge in [-0.05, 0) is 50.9 Å².